The topological polar surface area (TPSA) is 34.6 Å². The first-order valence-corrected chi connectivity index (χ1v) is 6.04. The van der Waals surface area contributed by atoms with E-state index in [2.05, 4.69) is 4.98 Å². The van der Waals surface area contributed by atoms with Crippen molar-refractivity contribution in [1.82, 2.24) is 4.98 Å². The third-order valence-electron chi connectivity index (χ3n) is 3.64. The molecule has 0 N–H and O–H groups in total. The Balaban J connectivity index is 2.16. The zero-order chi connectivity index (χ0) is 21.7. The first kappa shape index (κ1) is 6.14. The molecule has 0 unspecified atom stereocenters. The Morgan fingerprint density at radius 3 is 2.53 bits per heavy atom. The Hall–Kier alpha value is -1.07. The van der Waals surface area contributed by atoms with Crippen LogP contribution in [0, 0.1) is 0 Å². The summed E-state index contributed by atoms with van der Waals surface area (Å²) in [5.74, 6) is 0. The van der Waals surface area contributed by atoms with Crippen molar-refractivity contribution in [2.45, 2.75) is 45.3 Å². The molecule has 0 saturated carbocycles. The van der Waals surface area contributed by atoms with E-state index in [-0.39, 0.29) is 5.46 Å². The molecule has 3 heterocycles. The molecule has 5 heteroatoms. The van der Waals surface area contributed by atoms with Gasteiger partial charge in [0.2, 0.25) is 0 Å². The molecule has 0 atom stereocenters. The predicted molar refractivity (Wildman–Crippen MR) is 76.8 cm³/mol. The summed E-state index contributed by atoms with van der Waals surface area (Å²) < 4.78 is 83.4. The summed E-state index contributed by atoms with van der Waals surface area (Å²) in [7, 11) is -1.19. The van der Waals surface area contributed by atoms with Crippen LogP contribution in [-0.2, 0) is 9.31 Å². The van der Waals surface area contributed by atoms with Crippen molar-refractivity contribution in [2.75, 3.05) is 17.9 Å². The molecule has 2 fully saturated rings. The van der Waals surface area contributed by atoms with Gasteiger partial charge in [-0.15, -0.1) is 0 Å². The lowest BCUT2D eigenvalue weighted by Gasteiger charge is -2.33. The largest absolute Gasteiger partial charge is 0.496 e. The van der Waals surface area contributed by atoms with Crippen LogP contribution in [-0.4, -0.2) is 36.3 Å². The van der Waals surface area contributed by atoms with E-state index in [0.29, 0.717) is 4.90 Å². The van der Waals surface area contributed by atoms with Gasteiger partial charge in [-0.2, -0.15) is 0 Å². The van der Waals surface area contributed by atoms with Crippen molar-refractivity contribution in [3.63, 3.8) is 0 Å². The second-order valence-corrected chi connectivity index (χ2v) is 5.49. The predicted octanol–water partition coefficient (Wildman–Crippen LogP) is 1.59. The minimum atomic E-state index is -2.87. The molecular weight excluding hydrogens is 239 g/mol. The zero-order valence-corrected chi connectivity index (χ0v) is 11.3. The number of anilines is 1. The van der Waals surface area contributed by atoms with Gasteiger partial charge in [-0.05, 0) is 40.1 Å². The number of nitrogens with zero attached hydrogens (tertiary/aromatic N) is 2. The molecule has 0 aromatic carbocycles. The molecule has 0 amide bonds. The van der Waals surface area contributed by atoms with Crippen LogP contribution in [0.5, 0.6) is 0 Å². The van der Waals surface area contributed by atoms with Gasteiger partial charge >= 0.3 is 7.12 Å². The fourth-order valence-electron chi connectivity index (χ4n) is 1.73. The Morgan fingerprint density at radius 1 is 1.26 bits per heavy atom. The lowest BCUT2D eigenvalue weighted by molar-refractivity contribution is 0.00578. The maximum atomic E-state index is 8.46. The van der Waals surface area contributed by atoms with Crippen LogP contribution in [0.15, 0.2) is 18.4 Å². The standard InChI is InChI=1S/C14H21BN2O2/c1-13(2)14(3,4)19-15(18-13)11-8-12(10-16-9-11)17-6-5-7-17/h8-10H,5-7H2,1-4H3/i5D2,6D2,7D2,8D,9D,10D. The van der Waals surface area contributed by atoms with E-state index >= 15 is 0 Å². The van der Waals surface area contributed by atoms with E-state index in [0.717, 1.165) is 0 Å². The highest BCUT2D eigenvalue weighted by atomic mass is 16.7. The quantitative estimate of drug-likeness (QED) is 0.764. The van der Waals surface area contributed by atoms with Gasteiger partial charge in [0.05, 0.1) is 27.2 Å². The fraction of sp³-hybridized carbons (Fsp3) is 0.643. The van der Waals surface area contributed by atoms with Crippen molar-refractivity contribution in [3.05, 3.63) is 18.4 Å². The third kappa shape index (κ3) is 2.15. The van der Waals surface area contributed by atoms with Crippen molar-refractivity contribution in [1.29, 1.82) is 0 Å². The van der Waals surface area contributed by atoms with Crippen molar-refractivity contribution in [2.24, 2.45) is 0 Å². The number of hydrogen-bond acceptors (Lipinski definition) is 4. The average Bonchev–Trinajstić information content (AvgIpc) is 2.69. The van der Waals surface area contributed by atoms with E-state index in [4.69, 9.17) is 21.6 Å². The van der Waals surface area contributed by atoms with Crippen molar-refractivity contribution < 1.29 is 21.6 Å². The van der Waals surface area contributed by atoms with Crippen molar-refractivity contribution in [3.8, 4) is 0 Å². The highest BCUT2D eigenvalue weighted by Crippen LogP contribution is 2.36. The van der Waals surface area contributed by atoms with Gasteiger partial charge in [0.15, 0.2) is 0 Å². The van der Waals surface area contributed by atoms with Crippen LogP contribution in [0.1, 0.15) is 46.4 Å². The number of hydrogen-bond donors (Lipinski definition) is 0. The van der Waals surface area contributed by atoms with E-state index < -0.39 is 61.8 Å². The Morgan fingerprint density at radius 2 is 1.89 bits per heavy atom. The van der Waals surface area contributed by atoms with E-state index in [1.165, 1.54) is 0 Å². The Kier molecular flexibility index (Phi) is 1.36. The van der Waals surface area contributed by atoms with Gasteiger partial charge < -0.3 is 14.2 Å². The third-order valence-corrected chi connectivity index (χ3v) is 3.64. The maximum Gasteiger partial charge on any atom is 0.496 e. The van der Waals surface area contributed by atoms with Crippen LogP contribution in [0.2, 0.25) is 0 Å². The second-order valence-electron chi connectivity index (χ2n) is 5.49. The van der Waals surface area contributed by atoms with Crippen LogP contribution < -0.4 is 10.4 Å². The molecule has 0 aliphatic carbocycles. The SMILES string of the molecule is [2H]c1nc([2H])c(N2C([2H])([2H])C([2H])([2H])C2([2H])[2H])c([2H])c1B1OC(C)(C)C(C)(C)O1. The van der Waals surface area contributed by atoms with Crippen molar-refractivity contribution >= 4 is 18.3 Å². The van der Waals surface area contributed by atoms with Gasteiger partial charge in [0.25, 0.3) is 0 Å². The Bertz CT molecular complexity index is 813. The summed E-state index contributed by atoms with van der Waals surface area (Å²) in [4.78, 5) is 4.11. The molecule has 102 valence electrons. The molecule has 0 radical (unpaired) electrons. The minimum Gasteiger partial charge on any atom is -0.399 e. The molecule has 0 bridgehead atoms. The molecule has 2 aliphatic heterocycles. The van der Waals surface area contributed by atoms with E-state index in [1.807, 2.05) is 0 Å². The van der Waals surface area contributed by atoms with E-state index in [9.17, 15) is 0 Å². The summed E-state index contributed by atoms with van der Waals surface area (Å²) >= 11 is 0. The van der Waals surface area contributed by atoms with E-state index in [1.54, 1.807) is 27.7 Å². The minimum absolute atomic E-state index is 0.163. The molecular formula is C14H21BN2O2. The lowest BCUT2D eigenvalue weighted by Crippen LogP contribution is -2.41. The van der Waals surface area contributed by atoms with Crippen LogP contribution in [0.4, 0.5) is 5.69 Å². The summed E-state index contributed by atoms with van der Waals surface area (Å²) in [5.41, 5.74) is -2.28. The van der Waals surface area contributed by atoms with Gasteiger partial charge in [-0.1, -0.05) is 0 Å². The maximum absolute atomic E-state index is 8.46. The highest BCUT2D eigenvalue weighted by molar-refractivity contribution is 6.62. The molecule has 1 aromatic heterocycles. The molecule has 4 nitrogen and oxygen atoms in total. The monoisotopic (exact) mass is 269 g/mol. The summed E-state index contributed by atoms with van der Waals surface area (Å²) in [6.07, 6.45) is -4.04. The average molecular weight is 269 g/mol. The summed E-state index contributed by atoms with van der Waals surface area (Å²) in [6.45, 7) is 1.45. The number of pyridine rings is 1. The first-order valence-electron chi connectivity index (χ1n) is 10.5. The first-order chi connectivity index (χ1) is 12.4. The van der Waals surface area contributed by atoms with Gasteiger partial charge in [0, 0.05) is 32.9 Å². The molecule has 0 spiro atoms. The molecule has 2 aliphatic rings. The normalized spacial score (nSPS) is 39.3. The van der Waals surface area contributed by atoms with Gasteiger partial charge in [-0.3, -0.25) is 4.98 Å². The summed E-state index contributed by atoms with van der Waals surface area (Å²) in [5, 5.41) is 0. The number of rotatable bonds is 2. The smallest absolute Gasteiger partial charge is 0.399 e. The number of aromatic nitrogens is 1. The molecule has 3 rings (SSSR count). The lowest BCUT2D eigenvalue weighted by atomic mass is 9.80. The second kappa shape index (κ2) is 4.22. The molecule has 2 saturated heterocycles. The van der Waals surface area contributed by atoms with Crippen LogP contribution >= 0.6 is 0 Å². The fourth-order valence-corrected chi connectivity index (χ4v) is 1.73. The molecule has 1 aromatic rings. The molecule has 19 heavy (non-hydrogen) atoms. The van der Waals surface area contributed by atoms with Gasteiger partial charge in [-0.25, -0.2) is 0 Å². The summed E-state index contributed by atoms with van der Waals surface area (Å²) in [6, 6.07) is -0.549. The van der Waals surface area contributed by atoms with Gasteiger partial charge in [0.1, 0.15) is 0 Å². The van der Waals surface area contributed by atoms with Crippen LogP contribution in [0.3, 0.4) is 0 Å². The Labute approximate surface area is 127 Å². The zero-order valence-electron chi connectivity index (χ0n) is 20.3. The highest BCUT2D eigenvalue weighted by Gasteiger charge is 2.51. The van der Waals surface area contributed by atoms with Crippen LogP contribution in [0.25, 0.3) is 0 Å².